The van der Waals surface area contributed by atoms with E-state index < -0.39 is 17.9 Å². The van der Waals surface area contributed by atoms with Crippen molar-refractivity contribution in [2.24, 2.45) is 0 Å². The number of rotatable bonds is 10. The molecule has 12 nitrogen and oxygen atoms in total. The van der Waals surface area contributed by atoms with Gasteiger partial charge in [0.2, 0.25) is 5.91 Å². The summed E-state index contributed by atoms with van der Waals surface area (Å²) >= 11 is 0. The first-order valence-electron chi connectivity index (χ1n) is 15.2. The smallest absolute Gasteiger partial charge is 0.257 e. The molecule has 0 spiro atoms. The van der Waals surface area contributed by atoms with Crippen LogP contribution in [0.3, 0.4) is 0 Å². The van der Waals surface area contributed by atoms with Crippen molar-refractivity contribution in [2.75, 3.05) is 38.5 Å². The minimum atomic E-state index is -0.575. The molecule has 0 bridgehead atoms. The van der Waals surface area contributed by atoms with E-state index in [0.29, 0.717) is 66.3 Å². The van der Waals surface area contributed by atoms with Gasteiger partial charge in [0.1, 0.15) is 23.1 Å². The number of piperazine rings is 1. The number of nitrogens with one attached hydrogen (secondary N) is 2. The van der Waals surface area contributed by atoms with Gasteiger partial charge in [0, 0.05) is 62.5 Å². The quantitative estimate of drug-likeness (QED) is 0.329. The molecule has 3 aromatic rings. The molecule has 1 saturated carbocycles. The molecule has 236 valence electrons. The monoisotopic (exact) mass is 612 g/mol. The zero-order chi connectivity index (χ0) is 32.2. The second kappa shape index (κ2) is 13.5. The molecule has 12 heteroatoms. The summed E-state index contributed by atoms with van der Waals surface area (Å²) in [6, 6.07) is 7.17. The van der Waals surface area contributed by atoms with Crippen molar-refractivity contribution in [2.45, 2.75) is 58.6 Å². The Morgan fingerprint density at radius 3 is 2.49 bits per heavy atom. The fourth-order valence-corrected chi connectivity index (χ4v) is 5.51. The predicted molar refractivity (Wildman–Crippen MR) is 169 cm³/mol. The molecule has 45 heavy (non-hydrogen) atoms. The molecule has 1 aliphatic carbocycles. The van der Waals surface area contributed by atoms with E-state index in [2.05, 4.69) is 42.3 Å². The number of anilines is 1. The van der Waals surface area contributed by atoms with Crippen molar-refractivity contribution in [3.8, 4) is 5.75 Å². The van der Waals surface area contributed by atoms with Gasteiger partial charge in [-0.2, -0.15) is 10.2 Å². The van der Waals surface area contributed by atoms with Gasteiger partial charge in [-0.3, -0.25) is 19.3 Å². The Morgan fingerprint density at radius 1 is 1.07 bits per heavy atom. The molecule has 2 N–H and O–H groups in total. The number of aromatic nitrogens is 4. The van der Waals surface area contributed by atoms with E-state index in [4.69, 9.17) is 4.74 Å². The molecule has 5 rings (SSSR count). The van der Waals surface area contributed by atoms with Crippen LogP contribution in [0.15, 0.2) is 43.1 Å². The highest BCUT2D eigenvalue weighted by atomic mass is 16.5. The lowest BCUT2D eigenvalue weighted by molar-refractivity contribution is -0.130. The topological polar surface area (TPSA) is 143 Å². The molecule has 0 unspecified atom stereocenters. The summed E-state index contributed by atoms with van der Waals surface area (Å²) in [5.41, 5.74) is 3.48. The van der Waals surface area contributed by atoms with Crippen LogP contribution in [0, 0.1) is 20.8 Å². The van der Waals surface area contributed by atoms with Crippen molar-refractivity contribution in [1.82, 2.24) is 35.3 Å². The summed E-state index contributed by atoms with van der Waals surface area (Å²) in [7, 11) is 1.53. The van der Waals surface area contributed by atoms with Crippen LogP contribution in [-0.4, -0.2) is 87.0 Å². The maximum Gasteiger partial charge on any atom is 0.257 e. The summed E-state index contributed by atoms with van der Waals surface area (Å²) in [5.74, 6) is 0.839. The Bertz CT molecular complexity index is 1600. The zero-order valence-corrected chi connectivity index (χ0v) is 26.5. The number of benzene rings is 1. The van der Waals surface area contributed by atoms with Gasteiger partial charge < -0.3 is 20.3 Å². The van der Waals surface area contributed by atoms with Crippen LogP contribution >= 0.6 is 0 Å². The number of carbonyl (C=O) groups excluding carboxylic acids is 3. The molecule has 2 aromatic heterocycles. The molecule has 1 aromatic carbocycles. The minimum Gasteiger partial charge on any atom is -0.482 e. The highest BCUT2D eigenvalue weighted by Gasteiger charge is 2.31. The largest absolute Gasteiger partial charge is 0.482 e. The Morgan fingerprint density at radius 2 is 1.84 bits per heavy atom. The van der Waals surface area contributed by atoms with Gasteiger partial charge in [-0.25, -0.2) is 9.97 Å². The molecule has 3 heterocycles. The van der Waals surface area contributed by atoms with Crippen LogP contribution in [0.25, 0.3) is 0 Å². The van der Waals surface area contributed by atoms with Crippen molar-refractivity contribution >= 4 is 23.5 Å². The van der Waals surface area contributed by atoms with Gasteiger partial charge in [0.15, 0.2) is 6.10 Å². The van der Waals surface area contributed by atoms with Crippen molar-refractivity contribution in [3.05, 3.63) is 82.6 Å². The van der Waals surface area contributed by atoms with Crippen LogP contribution in [0.5, 0.6) is 5.75 Å². The number of aryl methyl sites for hydroxylation is 3. The van der Waals surface area contributed by atoms with Crippen LogP contribution in [0.4, 0.5) is 5.82 Å². The molecular weight excluding hydrogens is 572 g/mol. The molecule has 3 amide bonds. The molecular formula is C33H40N8O4. The lowest BCUT2D eigenvalue weighted by Gasteiger charge is -2.40. The van der Waals surface area contributed by atoms with Crippen molar-refractivity contribution in [1.29, 1.82) is 0 Å². The predicted octanol–water partition coefficient (Wildman–Crippen LogP) is 3.52. The van der Waals surface area contributed by atoms with Crippen LogP contribution in [0.1, 0.15) is 80.8 Å². The lowest BCUT2D eigenvalue weighted by Crippen LogP contribution is -2.54. The summed E-state index contributed by atoms with van der Waals surface area (Å²) < 4.78 is 6.62. The summed E-state index contributed by atoms with van der Waals surface area (Å²) in [6.45, 7) is 13.3. The highest BCUT2D eigenvalue weighted by molar-refractivity contribution is 6.07. The van der Waals surface area contributed by atoms with Gasteiger partial charge in [-0.05, 0) is 76.4 Å². The number of carbonyl (C=O) groups is 3. The Balaban J connectivity index is 1.44. The van der Waals surface area contributed by atoms with Gasteiger partial charge in [-0.15, -0.1) is 0 Å². The highest BCUT2D eigenvalue weighted by Crippen LogP contribution is 2.39. The van der Waals surface area contributed by atoms with E-state index in [1.807, 2.05) is 30.9 Å². The third-order valence-corrected chi connectivity index (χ3v) is 8.26. The number of hydrogen-bond acceptors (Lipinski definition) is 9. The lowest BCUT2D eigenvalue weighted by atomic mass is 10.0. The van der Waals surface area contributed by atoms with Crippen LogP contribution < -0.4 is 15.4 Å². The molecule has 1 saturated heterocycles. The Kier molecular flexibility index (Phi) is 9.52. The second-order valence-electron chi connectivity index (χ2n) is 11.8. The molecule has 2 atom stereocenters. The summed E-state index contributed by atoms with van der Waals surface area (Å²) in [5, 5.41) is 14.5. The van der Waals surface area contributed by atoms with E-state index in [0.717, 1.165) is 24.1 Å². The number of hydrogen-bond donors (Lipinski definition) is 2. The number of ether oxygens (including phenoxy) is 1. The molecule has 1 aliphatic heterocycles. The van der Waals surface area contributed by atoms with E-state index in [-0.39, 0.29) is 17.5 Å². The Hall–Kier alpha value is -4.71. The minimum absolute atomic E-state index is 0.0167. The third kappa shape index (κ3) is 7.34. The molecule has 2 aliphatic rings. The van der Waals surface area contributed by atoms with E-state index >= 15 is 0 Å². The summed E-state index contributed by atoms with van der Waals surface area (Å²) in [4.78, 5) is 51.4. The number of nitrogens with zero attached hydrogens (tertiary/aromatic N) is 6. The molecule has 2 fully saturated rings. The van der Waals surface area contributed by atoms with Crippen LogP contribution in [0.2, 0.25) is 0 Å². The van der Waals surface area contributed by atoms with Crippen molar-refractivity contribution in [3.63, 3.8) is 0 Å². The standard InChI is InChI=1S/C33H40N8O4/c1-7-30(42)41-13-12-40(17-21(41)4)18-29(27-11-10-26(38-39-27)23-8-9-23)45-28-14-19(2)24(15-25(28)32(43)34-6)33(44)37-31-20(3)16-35-22(5)36-31/h7,10-11,14-16,21,23,29H,1,8-9,12-13,17-18H2,2-6H3,(H,34,43)(H,35,36,37,44)/t21-,29+/m1/s1. The maximum atomic E-state index is 13.4. The second-order valence-corrected chi connectivity index (χ2v) is 11.8. The maximum absolute atomic E-state index is 13.4. The third-order valence-electron chi connectivity index (χ3n) is 8.26. The van der Waals surface area contributed by atoms with E-state index in [1.165, 1.54) is 13.1 Å². The normalized spacial score (nSPS) is 17.4. The SMILES string of the molecule is C=CC(=O)N1CCN(C[C@H](Oc2cc(C)c(C(=O)Nc3nc(C)ncc3C)cc2C(=O)NC)c2ccc(C3CC3)nn2)C[C@H]1C. The van der Waals surface area contributed by atoms with E-state index in [1.54, 1.807) is 32.2 Å². The average Bonchev–Trinajstić information content (AvgIpc) is 3.88. The fourth-order valence-electron chi connectivity index (χ4n) is 5.51. The first-order chi connectivity index (χ1) is 21.6. The van der Waals surface area contributed by atoms with Gasteiger partial charge in [0.25, 0.3) is 11.8 Å². The number of amides is 3. The van der Waals surface area contributed by atoms with Gasteiger partial charge in [0.05, 0.1) is 11.3 Å². The van der Waals surface area contributed by atoms with Crippen molar-refractivity contribution < 1.29 is 19.1 Å². The summed E-state index contributed by atoms with van der Waals surface area (Å²) in [6.07, 6.45) is 4.65. The fraction of sp³-hybridized carbons (Fsp3) is 0.424. The van der Waals surface area contributed by atoms with E-state index in [9.17, 15) is 14.4 Å². The first-order valence-corrected chi connectivity index (χ1v) is 15.2. The molecule has 0 radical (unpaired) electrons. The first kappa shape index (κ1) is 31.7. The van der Waals surface area contributed by atoms with Gasteiger partial charge in [-0.1, -0.05) is 6.58 Å². The van der Waals surface area contributed by atoms with Gasteiger partial charge >= 0.3 is 0 Å². The average molecular weight is 613 g/mol. The Labute approximate surface area is 263 Å². The van der Waals surface area contributed by atoms with Crippen LogP contribution in [-0.2, 0) is 4.79 Å². The zero-order valence-electron chi connectivity index (χ0n) is 26.5.